The first-order chi connectivity index (χ1) is 18.9. The molecule has 0 aromatic rings. The lowest BCUT2D eigenvalue weighted by atomic mass is 9.97. The molecule has 1 rings (SSSR count). The third kappa shape index (κ3) is 14.7. The highest BCUT2D eigenvalue weighted by Gasteiger charge is 2.41. The number of unbranched alkanes of at least 4 members (excludes halogenated alkanes) is 1. The van der Waals surface area contributed by atoms with Crippen molar-refractivity contribution in [2.45, 2.75) is 79.0 Å². The minimum absolute atomic E-state index is 0.105. The molecule has 0 radical (unpaired) electrons. The summed E-state index contributed by atoms with van der Waals surface area (Å²) in [5.74, 6) is -1.92. The number of esters is 3. The van der Waals surface area contributed by atoms with E-state index in [1.807, 2.05) is 0 Å². The van der Waals surface area contributed by atoms with Gasteiger partial charge in [0, 0.05) is 13.1 Å². The van der Waals surface area contributed by atoms with Crippen LogP contribution in [0, 0.1) is 10.8 Å². The summed E-state index contributed by atoms with van der Waals surface area (Å²) < 4.78 is 29.3. The van der Waals surface area contributed by atoms with Crippen LogP contribution in [0.1, 0.15) is 68.2 Å². The van der Waals surface area contributed by atoms with E-state index in [0.717, 1.165) is 26.1 Å². The van der Waals surface area contributed by atoms with E-state index in [-0.39, 0.29) is 6.61 Å². The summed E-state index contributed by atoms with van der Waals surface area (Å²) in [6.07, 6.45) is 0.337. The number of nitrogens with zero attached hydrogens (tertiary/aromatic N) is 1. The van der Waals surface area contributed by atoms with Gasteiger partial charge in [-0.1, -0.05) is 0 Å². The predicted octanol–water partition coefficient (Wildman–Crippen LogP) is 3.48. The first-order valence-electron chi connectivity index (χ1n) is 13.5. The summed E-state index contributed by atoms with van der Waals surface area (Å²) >= 11 is 0.607. The van der Waals surface area contributed by atoms with Crippen molar-refractivity contribution in [3.05, 3.63) is 0 Å². The molecule has 14 heteroatoms. The molecule has 1 atom stereocenters. The van der Waals surface area contributed by atoms with Crippen LogP contribution in [0.15, 0.2) is 0 Å². The number of hydrogen-bond donors (Lipinski definition) is 1. The van der Waals surface area contributed by atoms with Crippen LogP contribution in [0.3, 0.4) is 0 Å². The number of alkyl carbamates (subject to hydrolysis) is 1. The number of amides is 1. The molecule has 236 valence electrons. The van der Waals surface area contributed by atoms with Gasteiger partial charge in [-0.25, -0.2) is 14.4 Å². The van der Waals surface area contributed by atoms with E-state index in [2.05, 4.69) is 10.2 Å². The van der Waals surface area contributed by atoms with Gasteiger partial charge in [0.25, 0.3) is 0 Å². The van der Waals surface area contributed by atoms with E-state index >= 15 is 0 Å². The number of hydrogen-bond acceptors (Lipinski definition) is 13. The molecule has 0 bridgehead atoms. The van der Waals surface area contributed by atoms with Crippen molar-refractivity contribution in [1.29, 1.82) is 0 Å². The second kappa shape index (κ2) is 16.8. The number of ether oxygens (including phenoxy) is 6. The molecule has 0 saturated carbocycles. The number of morpholine rings is 1. The molecule has 0 spiro atoms. The first-order valence-corrected chi connectivity index (χ1v) is 14.4. The molecule has 0 aliphatic carbocycles. The normalized spacial score (nSPS) is 15.3. The highest BCUT2D eigenvalue weighted by molar-refractivity contribution is 8.14. The molecule has 0 aromatic heterocycles. The van der Waals surface area contributed by atoms with Crippen molar-refractivity contribution < 1.29 is 52.4 Å². The van der Waals surface area contributed by atoms with Gasteiger partial charge in [-0.2, -0.15) is 0 Å². The van der Waals surface area contributed by atoms with Crippen LogP contribution in [-0.4, -0.2) is 98.0 Å². The van der Waals surface area contributed by atoms with Gasteiger partial charge in [-0.3, -0.25) is 14.5 Å². The minimum atomic E-state index is -1.35. The Morgan fingerprint density at radius 1 is 0.780 bits per heavy atom. The highest BCUT2D eigenvalue weighted by atomic mass is 32.2. The maximum absolute atomic E-state index is 13.1. The summed E-state index contributed by atoms with van der Waals surface area (Å²) in [5.41, 5.74) is -1.57. The average molecular weight is 607 g/mol. The molecule has 0 aromatic carbocycles. The molecule has 1 fully saturated rings. The van der Waals surface area contributed by atoms with Gasteiger partial charge in [0.1, 0.15) is 6.04 Å². The van der Waals surface area contributed by atoms with Crippen LogP contribution in [0.5, 0.6) is 0 Å². The van der Waals surface area contributed by atoms with Crippen molar-refractivity contribution in [2.24, 2.45) is 10.8 Å². The summed E-state index contributed by atoms with van der Waals surface area (Å²) in [5, 5.41) is 1.56. The Balaban J connectivity index is 2.73. The Morgan fingerprint density at radius 3 is 1.85 bits per heavy atom. The van der Waals surface area contributed by atoms with Gasteiger partial charge in [0.05, 0.1) is 35.4 Å². The fourth-order valence-corrected chi connectivity index (χ4v) is 4.01. The third-order valence-corrected chi connectivity index (χ3v) is 6.77. The molecule has 1 aliphatic rings. The zero-order valence-corrected chi connectivity index (χ0v) is 26.3. The summed E-state index contributed by atoms with van der Waals surface area (Å²) in [6.45, 7) is 15.7. The summed E-state index contributed by atoms with van der Waals surface area (Å²) in [7, 11) is 0. The Hall–Kier alpha value is -2.58. The van der Waals surface area contributed by atoms with Crippen molar-refractivity contribution >= 4 is 41.1 Å². The SMILES string of the molecule is CC(C)(C)C(=O)OCOC(=O)N[C@@H](C(=O)OCCCCN1CCOCC1)C(C)(C)SC(=O)OCOC(=O)C(C)(C)C. The van der Waals surface area contributed by atoms with Gasteiger partial charge in [-0.05, 0) is 86.5 Å². The van der Waals surface area contributed by atoms with Crippen LogP contribution in [0.2, 0.25) is 0 Å². The van der Waals surface area contributed by atoms with E-state index in [4.69, 9.17) is 28.4 Å². The molecular formula is C27H46N2O11S. The van der Waals surface area contributed by atoms with Crippen LogP contribution >= 0.6 is 11.8 Å². The van der Waals surface area contributed by atoms with Crippen LogP contribution in [0.4, 0.5) is 9.59 Å². The summed E-state index contributed by atoms with van der Waals surface area (Å²) in [6, 6.07) is -1.35. The lowest BCUT2D eigenvalue weighted by molar-refractivity contribution is -0.162. The Morgan fingerprint density at radius 2 is 1.32 bits per heavy atom. The second-order valence-corrected chi connectivity index (χ2v) is 13.6. The Kier molecular flexibility index (Phi) is 14.9. The fourth-order valence-electron chi connectivity index (χ4n) is 3.20. The average Bonchev–Trinajstić information content (AvgIpc) is 2.85. The van der Waals surface area contributed by atoms with Crippen molar-refractivity contribution in [2.75, 3.05) is 53.0 Å². The molecule has 1 heterocycles. The van der Waals surface area contributed by atoms with Gasteiger partial charge in [0.2, 0.25) is 13.6 Å². The zero-order chi connectivity index (χ0) is 31.3. The van der Waals surface area contributed by atoms with Crippen LogP contribution < -0.4 is 5.32 Å². The quantitative estimate of drug-likeness (QED) is 0.141. The van der Waals surface area contributed by atoms with Crippen LogP contribution in [-0.2, 0) is 42.8 Å². The van der Waals surface area contributed by atoms with Crippen molar-refractivity contribution in [1.82, 2.24) is 10.2 Å². The highest BCUT2D eigenvalue weighted by Crippen LogP contribution is 2.31. The zero-order valence-electron chi connectivity index (χ0n) is 25.5. The molecule has 0 unspecified atom stereocenters. The molecule has 1 amide bonds. The van der Waals surface area contributed by atoms with Gasteiger partial charge in [-0.15, -0.1) is 0 Å². The molecule has 1 N–H and O–H groups in total. The van der Waals surface area contributed by atoms with E-state index < -0.39 is 64.5 Å². The molecule has 1 saturated heterocycles. The monoisotopic (exact) mass is 606 g/mol. The minimum Gasteiger partial charge on any atom is -0.464 e. The number of rotatable bonds is 13. The van der Waals surface area contributed by atoms with Crippen molar-refractivity contribution in [3.8, 4) is 0 Å². The number of carbonyl (C=O) groups excluding carboxylic acids is 5. The lowest BCUT2D eigenvalue weighted by Gasteiger charge is -2.31. The summed E-state index contributed by atoms with van der Waals surface area (Å²) in [4.78, 5) is 64.1. The second-order valence-electron chi connectivity index (χ2n) is 12.0. The van der Waals surface area contributed by atoms with Gasteiger partial charge in [0.15, 0.2) is 0 Å². The maximum atomic E-state index is 13.1. The maximum Gasteiger partial charge on any atom is 0.410 e. The van der Waals surface area contributed by atoms with Gasteiger partial charge < -0.3 is 33.7 Å². The van der Waals surface area contributed by atoms with Crippen molar-refractivity contribution in [3.63, 3.8) is 0 Å². The van der Waals surface area contributed by atoms with Gasteiger partial charge >= 0.3 is 29.3 Å². The standard InChI is InChI=1S/C27H46N2O11S/c1-25(2,3)21(31)37-17-39-23(33)28-19(20(30)36-14-10-9-11-29-12-15-35-16-13-29)27(7,8)41-24(34)40-18-38-22(32)26(4,5)6/h19H,9-18H2,1-8H3,(H,28,33)/t19-/m0/s1. The number of thioether (sulfide) groups is 1. The fraction of sp³-hybridized carbons (Fsp3) is 0.815. The Bertz CT molecular complexity index is 891. The number of carbonyl (C=O) groups is 5. The first kappa shape index (κ1) is 36.4. The predicted molar refractivity (Wildman–Crippen MR) is 150 cm³/mol. The van der Waals surface area contributed by atoms with Crippen LogP contribution in [0.25, 0.3) is 0 Å². The molecule has 41 heavy (non-hydrogen) atoms. The van der Waals surface area contributed by atoms with E-state index in [1.165, 1.54) is 13.8 Å². The number of nitrogens with one attached hydrogen (secondary N) is 1. The third-order valence-electron chi connectivity index (χ3n) is 5.73. The molecular weight excluding hydrogens is 560 g/mol. The Labute approximate surface area is 246 Å². The largest absolute Gasteiger partial charge is 0.464 e. The van der Waals surface area contributed by atoms with E-state index in [0.29, 0.717) is 31.4 Å². The topological polar surface area (TPSA) is 156 Å². The molecule has 1 aliphatic heterocycles. The molecule has 13 nitrogen and oxygen atoms in total. The lowest BCUT2D eigenvalue weighted by Crippen LogP contribution is -2.54. The van der Waals surface area contributed by atoms with E-state index in [9.17, 15) is 24.0 Å². The van der Waals surface area contributed by atoms with E-state index in [1.54, 1.807) is 41.5 Å². The smallest absolute Gasteiger partial charge is 0.410 e.